The third-order valence-corrected chi connectivity index (χ3v) is 23.2. The van der Waals surface area contributed by atoms with Gasteiger partial charge in [0, 0.05) is 86.4 Å². The zero-order valence-corrected chi connectivity index (χ0v) is 63.7. The summed E-state index contributed by atoms with van der Waals surface area (Å²) in [7, 11) is 0. The van der Waals surface area contributed by atoms with Crippen molar-refractivity contribution >= 4 is 0 Å². The van der Waals surface area contributed by atoms with Crippen LogP contribution in [0.5, 0.6) is 0 Å². The molecule has 6 heterocycles. The third kappa shape index (κ3) is 15.3. The van der Waals surface area contributed by atoms with Gasteiger partial charge in [0.2, 0.25) is 0 Å². The molecule has 0 saturated heterocycles. The molecule has 0 spiro atoms. The van der Waals surface area contributed by atoms with Crippen molar-refractivity contribution in [2.45, 2.75) is 114 Å². The van der Waals surface area contributed by atoms with Gasteiger partial charge in [0.15, 0.2) is 34.9 Å². The first-order chi connectivity index (χ1) is 56.4. The predicted octanol–water partition coefficient (Wildman–Crippen LogP) is 25.6. The molecule has 0 radical (unpaired) electrons. The summed E-state index contributed by atoms with van der Waals surface area (Å²) in [5, 5.41) is 0. The Kier molecular flexibility index (Phi) is 20.3. The van der Waals surface area contributed by atoms with Gasteiger partial charge in [-0.05, 0) is 160 Å². The Bertz CT molecular complexity index is 5440. The van der Waals surface area contributed by atoms with Gasteiger partial charge in [-0.2, -0.15) is 0 Å². The highest BCUT2D eigenvalue weighted by molar-refractivity contribution is 5.95. The average molecular weight is 1480 g/mol. The van der Waals surface area contributed by atoms with E-state index in [1.807, 2.05) is 73.2 Å². The van der Waals surface area contributed by atoms with Crippen molar-refractivity contribution < 1.29 is 0 Å². The first-order valence-corrected chi connectivity index (χ1v) is 40.5. The fourth-order valence-corrected chi connectivity index (χ4v) is 16.9. The highest BCUT2D eigenvalue weighted by atomic mass is 15.1. The van der Waals surface area contributed by atoms with Gasteiger partial charge in [-0.3, -0.25) is 15.0 Å². The quantitative estimate of drug-likeness (QED) is 0.0803. The predicted molar refractivity (Wildman–Crippen MR) is 459 cm³/mol. The molecular formula is C102H84N12. The van der Waals surface area contributed by atoms with Crippen LogP contribution in [0.4, 0.5) is 0 Å². The van der Waals surface area contributed by atoms with Crippen molar-refractivity contribution in [3.8, 4) is 169 Å². The normalized spacial score (nSPS) is 14.2. The number of hydrogen-bond acceptors (Lipinski definition) is 12. The molecule has 6 aromatic heterocycles. The van der Waals surface area contributed by atoms with Crippen LogP contribution < -0.4 is 0 Å². The maximum Gasteiger partial charge on any atom is 0.165 e. The molecular weight excluding hydrogens is 1390 g/mol. The van der Waals surface area contributed by atoms with Crippen LogP contribution in [-0.2, 0) is 0 Å². The summed E-state index contributed by atoms with van der Waals surface area (Å²) in [5.41, 5.74) is 24.5. The van der Waals surface area contributed by atoms with Gasteiger partial charge in [-0.15, -0.1) is 0 Å². The lowest BCUT2D eigenvalue weighted by molar-refractivity contribution is 0.428. The Morgan fingerprint density at radius 3 is 0.614 bits per heavy atom. The Morgan fingerprint density at radius 1 is 0.167 bits per heavy atom. The zero-order chi connectivity index (χ0) is 75.9. The highest BCUT2D eigenvalue weighted by Crippen LogP contribution is 2.45. The lowest BCUT2D eigenvalue weighted by Gasteiger charge is -2.21. The summed E-state index contributed by atoms with van der Waals surface area (Å²) in [5.74, 6) is 7.69. The first kappa shape index (κ1) is 71.0. The van der Waals surface area contributed by atoms with Crippen molar-refractivity contribution in [1.82, 2.24) is 59.8 Å². The monoisotopic (exact) mass is 1480 g/mol. The minimum Gasteiger partial charge on any atom is -0.255 e. The lowest BCUT2D eigenvalue weighted by atomic mass is 9.86. The molecule has 10 aromatic carbocycles. The molecule has 0 atom stereocenters. The fourth-order valence-electron chi connectivity index (χ4n) is 16.9. The van der Waals surface area contributed by atoms with Crippen molar-refractivity contribution in [2.24, 2.45) is 0 Å². The second-order valence-electron chi connectivity index (χ2n) is 30.6. The molecule has 0 bridgehead atoms. The maximum absolute atomic E-state index is 5.12. The molecule has 19 rings (SSSR count). The minimum absolute atomic E-state index is 0.324. The molecule has 0 amide bonds. The van der Waals surface area contributed by atoms with Crippen LogP contribution >= 0.6 is 0 Å². The van der Waals surface area contributed by atoms with Gasteiger partial charge in [0.1, 0.15) is 17.5 Å². The number of pyridine rings is 3. The van der Waals surface area contributed by atoms with Gasteiger partial charge in [0.25, 0.3) is 0 Å². The van der Waals surface area contributed by atoms with E-state index in [0.29, 0.717) is 52.7 Å². The molecule has 114 heavy (non-hydrogen) atoms. The lowest BCUT2D eigenvalue weighted by Crippen LogP contribution is -2.11. The van der Waals surface area contributed by atoms with E-state index in [0.717, 1.165) is 190 Å². The SMILES string of the molecule is c1ccc(-c2nc(-c3ccc(-c4ccc(-c5ccccc5-c5cc(-c6ccccc6-c6ccc(-c7ccc(-c8nc(-c9ccccc9)nc(C9CCCCC9)n8)cn7)cc6)cc(-c6ccccc6-c6ccc(-c7ccc(-c8nc(-c9ccccc9)nc(C9CCCCC9)n8)cn7)cc6)c5)cc4)nc3)nc(C3CCCCC3)n2)cc1. The summed E-state index contributed by atoms with van der Waals surface area (Å²) < 4.78 is 0. The molecule has 0 aliphatic heterocycles. The van der Waals surface area contributed by atoms with Crippen LogP contribution in [0.2, 0.25) is 0 Å². The van der Waals surface area contributed by atoms with Crippen molar-refractivity contribution in [1.29, 1.82) is 0 Å². The summed E-state index contributed by atoms with van der Waals surface area (Å²) in [6.07, 6.45) is 23.3. The van der Waals surface area contributed by atoms with E-state index in [-0.39, 0.29) is 0 Å². The summed E-state index contributed by atoms with van der Waals surface area (Å²) in [6, 6.07) is 103. The largest absolute Gasteiger partial charge is 0.255 e. The van der Waals surface area contributed by atoms with E-state index in [1.165, 1.54) is 57.8 Å². The zero-order valence-electron chi connectivity index (χ0n) is 63.7. The number of rotatable bonds is 18. The Balaban J connectivity index is 0.648. The molecule has 3 fully saturated rings. The van der Waals surface area contributed by atoms with E-state index in [9.17, 15) is 0 Å². The van der Waals surface area contributed by atoms with Gasteiger partial charge < -0.3 is 0 Å². The molecule has 0 unspecified atom stereocenters. The number of hydrogen-bond donors (Lipinski definition) is 0. The molecule has 3 aliphatic rings. The maximum atomic E-state index is 5.12. The van der Waals surface area contributed by atoms with Crippen molar-refractivity contribution in [3.05, 3.63) is 327 Å². The van der Waals surface area contributed by atoms with E-state index in [4.69, 9.17) is 59.8 Å². The van der Waals surface area contributed by atoms with E-state index < -0.39 is 0 Å². The Morgan fingerprint density at radius 2 is 0.377 bits per heavy atom. The van der Waals surface area contributed by atoms with Crippen molar-refractivity contribution in [3.63, 3.8) is 0 Å². The molecule has 3 saturated carbocycles. The standard InChI is InChI=1S/C102H84N12/c1-7-25-73(26-8-1)94-106-95(74-27-9-2-10-28-74)110-100(109-94)79-55-58-91(103-64-79)70-49-43-67(44-50-70)85-37-19-22-40-88(85)82-61-83(89-41-23-20-38-86(89)68-45-51-71(52-46-68)92-59-56-80(65-104-92)101-111-96(75-29-11-3-12-30-75)107-97(112-101)76-31-13-4-14-32-76)63-84(62-82)90-42-24-21-39-87(90)69-47-53-72(54-48-69)93-60-57-81(66-105-93)102-113-98(77-33-15-5-16-34-77)108-99(114-102)78-35-17-6-18-36-78/h1,3,5,7-8,11-12,15-16,19-26,29-30,33-34,37-66,74,76,78H,2,4,6,9-10,13-14,17-18,27-28,31-32,35-36H2. The molecule has 12 nitrogen and oxygen atoms in total. The Hall–Kier alpha value is -13.3. The second-order valence-corrected chi connectivity index (χ2v) is 30.6. The van der Waals surface area contributed by atoms with Crippen molar-refractivity contribution in [2.75, 3.05) is 0 Å². The Labute approximate surface area is 665 Å². The molecule has 0 N–H and O–H groups in total. The highest BCUT2D eigenvalue weighted by Gasteiger charge is 2.26. The van der Waals surface area contributed by atoms with Crippen LogP contribution in [0.25, 0.3) is 169 Å². The smallest absolute Gasteiger partial charge is 0.165 e. The van der Waals surface area contributed by atoms with E-state index in [2.05, 4.69) is 237 Å². The van der Waals surface area contributed by atoms with Gasteiger partial charge in [0.05, 0.1) is 17.1 Å². The van der Waals surface area contributed by atoms with Crippen LogP contribution in [0.3, 0.4) is 0 Å². The number of aromatic nitrogens is 12. The molecule has 552 valence electrons. The summed E-state index contributed by atoms with van der Waals surface area (Å²) in [6.45, 7) is 0. The summed E-state index contributed by atoms with van der Waals surface area (Å²) in [4.78, 5) is 60.8. The van der Waals surface area contributed by atoms with Crippen LogP contribution in [0.1, 0.15) is 132 Å². The number of nitrogens with zero attached hydrogens (tertiary/aromatic N) is 12. The van der Waals surface area contributed by atoms with Gasteiger partial charge in [-0.25, -0.2) is 44.9 Å². The fraction of sp³-hybridized carbons (Fsp3) is 0.176. The topological polar surface area (TPSA) is 155 Å². The van der Waals surface area contributed by atoms with Crippen LogP contribution in [-0.4, -0.2) is 59.8 Å². The third-order valence-electron chi connectivity index (χ3n) is 23.2. The van der Waals surface area contributed by atoms with Gasteiger partial charge >= 0.3 is 0 Å². The first-order valence-electron chi connectivity index (χ1n) is 40.5. The molecule has 16 aromatic rings. The van der Waals surface area contributed by atoms with Crippen LogP contribution in [0, 0.1) is 0 Å². The molecule has 3 aliphatic carbocycles. The molecule has 12 heteroatoms. The van der Waals surface area contributed by atoms with E-state index in [1.54, 1.807) is 0 Å². The number of benzene rings is 10. The second kappa shape index (κ2) is 32.6. The summed E-state index contributed by atoms with van der Waals surface area (Å²) >= 11 is 0. The van der Waals surface area contributed by atoms with E-state index >= 15 is 0 Å². The van der Waals surface area contributed by atoms with Crippen LogP contribution in [0.15, 0.2) is 310 Å². The minimum atomic E-state index is 0.324. The van der Waals surface area contributed by atoms with Gasteiger partial charge in [-0.1, -0.05) is 294 Å². The average Bonchev–Trinajstić information content (AvgIpc) is 0.772.